The van der Waals surface area contributed by atoms with Crippen LogP contribution in [0.25, 0.3) is 0 Å². The van der Waals surface area contributed by atoms with Gasteiger partial charge in [0.1, 0.15) is 23.1 Å². The molecular formula is C27H37F2N3O3S. The highest BCUT2D eigenvalue weighted by Gasteiger charge is 2.23. The van der Waals surface area contributed by atoms with Gasteiger partial charge in [0.25, 0.3) is 0 Å². The molecule has 0 radical (unpaired) electrons. The van der Waals surface area contributed by atoms with Crippen LogP contribution in [0.1, 0.15) is 36.5 Å². The van der Waals surface area contributed by atoms with Crippen molar-refractivity contribution < 1.29 is 23.2 Å². The molecule has 2 aromatic carbocycles. The molecule has 2 atom stereocenters. The maximum absolute atomic E-state index is 13.7. The number of aliphatic hydroxyl groups excluding tert-OH is 1. The number of hydrogen-bond acceptors (Lipinski definition) is 5. The molecule has 1 saturated heterocycles. The Morgan fingerprint density at radius 1 is 1.11 bits per heavy atom. The van der Waals surface area contributed by atoms with Crippen molar-refractivity contribution in [3.8, 4) is 0 Å². The van der Waals surface area contributed by atoms with Gasteiger partial charge in [0.05, 0.1) is 12.1 Å². The Morgan fingerprint density at radius 3 is 2.50 bits per heavy atom. The van der Waals surface area contributed by atoms with Crippen LogP contribution in [-0.4, -0.2) is 70.3 Å². The predicted molar refractivity (Wildman–Crippen MR) is 139 cm³/mol. The van der Waals surface area contributed by atoms with E-state index in [9.17, 15) is 23.2 Å². The van der Waals surface area contributed by atoms with Gasteiger partial charge in [-0.05, 0) is 54.6 Å². The first-order valence-electron chi connectivity index (χ1n) is 12.6. The van der Waals surface area contributed by atoms with Crippen molar-refractivity contribution in [1.82, 2.24) is 15.5 Å². The summed E-state index contributed by atoms with van der Waals surface area (Å²) < 4.78 is 39.0. The number of halogens is 2. The Labute approximate surface area is 215 Å². The Kier molecular flexibility index (Phi) is 11.6. The van der Waals surface area contributed by atoms with Gasteiger partial charge in [0, 0.05) is 38.7 Å². The van der Waals surface area contributed by atoms with Gasteiger partial charge in [-0.1, -0.05) is 42.4 Å². The fraction of sp³-hybridized carbons (Fsp3) is 0.519. The average Bonchev–Trinajstić information content (AvgIpc) is 2.84. The molecular weight excluding hydrogens is 484 g/mol. The van der Waals surface area contributed by atoms with Crippen LogP contribution < -0.4 is 10.6 Å². The van der Waals surface area contributed by atoms with Crippen molar-refractivity contribution in [2.45, 2.75) is 51.3 Å². The van der Waals surface area contributed by atoms with E-state index in [4.69, 9.17) is 0 Å². The van der Waals surface area contributed by atoms with E-state index in [2.05, 4.69) is 34.6 Å². The minimum atomic E-state index is -0.952. The van der Waals surface area contributed by atoms with Crippen LogP contribution in [0.2, 0.25) is 0 Å². The van der Waals surface area contributed by atoms with Crippen LogP contribution in [0.5, 0.6) is 0 Å². The summed E-state index contributed by atoms with van der Waals surface area (Å²) in [7, 11) is 0. The molecule has 198 valence electrons. The third-order valence-electron chi connectivity index (χ3n) is 6.42. The number of aryl methyl sites for hydroxylation is 1. The van der Waals surface area contributed by atoms with Gasteiger partial charge >= 0.3 is 0 Å². The van der Waals surface area contributed by atoms with Crippen molar-refractivity contribution in [2.24, 2.45) is 0 Å². The molecule has 1 heterocycles. The number of carbonyl (C=O) groups excluding carboxylic acids is 1. The van der Waals surface area contributed by atoms with Gasteiger partial charge in [-0.15, -0.1) is 0 Å². The van der Waals surface area contributed by atoms with Crippen LogP contribution in [0.15, 0.2) is 42.5 Å². The van der Waals surface area contributed by atoms with E-state index in [0.717, 1.165) is 37.7 Å². The molecule has 0 saturated carbocycles. The van der Waals surface area contributed by atoms with Gasteiger partial charge < -0.3 is 20.3 Å². The van der Waals surface area contributed by atoms with Gasteiger partial charge in [0.15, 0.2) is 0 Å². The third-order valence-corrected chi connectivity index (χ3v) is 7.70. The normalized spacial score (nSPS) is 16.6. The lowest BCUT2D eigenvalue weighted by molar-refractivity contribution is -0.122. The Hall–Kier alpha value is -2.04. The summed E-state index contributed by atoms with van der Waals surface area (Å²) in [5.74, 6) is -0.269. The molecule has 1 fully saturated rings. The molecule has 0 aliphatic carbocycles. The van der Waals surface area contributed by atoms with Crippen LogP contribution >= 0.6 is 0 Å². The molecule has 0 spiro atoms. The quantitative estimate of drug-likeness (QED) is 0.353. The highest BCUT2D eigenvalue weighted by Crippen LogP contribution is 2.13. The number of benzene rings is 2. The SMILES string of the molecule is CCc1cccc(CNC[C@@H](O)C(Cc2cc(F)cc(F)c2)NC(=O)CCCN2CC[S+]([O-])CC2)c1. The van der Waals surface area contributed by atoms with E-state index in [0.29, 0.717) is 30.0 Å². The first-order chi connectivity index (χ1) is 17.3. The monoisotopic (exact) mass is 521 g/mol. The molecule has 1 amide bonds. The first kappa shape index (κ1) is 28.5. The van der Waals surface area contributed by atoms with Gasteiger partial charge in [-0.25, -0.2) is 8.78 Å². The highest BCUT2D eigenvalue weighted by molar-refractivity contribution is 7.91. The van der Waals surface area contributed by atoms with E-state index < -0.39 is 35.0 Å². The number of amides is 1. The lowest BCUT2D eigenvalue weighted by Crippen LogP contribution is -2.48. The lowest BCUT2D eigenvalue weighted by Gasteiger charge is -2.28. The van der Waals surface area contributed by atoms with E-state index >= 15 is 0 Å². The number of hydrogen-bond donors (Lipinski definition) is 3. The zero-order chi connectivity index (χ0) is 25.9. The topological polar surface area (TPSA) is 87.7 Å². The van der Waals surface area contributed by atoms with Crippen molar-refractivity contribution >= 4 is 17.1 Å². The number of rotatable bonds is 13. The maximum atomic E-state index is 13.7. The molecule has 9 heteroatoms. The van der Waals surface area contributed by atoms with E-state index in [1.54, 1.807) is 0 Å². The first-order valence-corrected chi connectivity index (χ1v) is 14.1. The van der Waals surface area contributed by atoms with E-state index in [1.807, 2.05) is 12.1 Å². The smallest absolute Gasteiger partial charge is 0.220 e. The minimum Gasteiger partial charge on any atom is -0.616 e. The lowest BCUT2D eigenvalue weighted by atomic mass is 10.00. The van der Waals surface area contributed by atoms with Gasteiger partial charge in [0.2, 0.25) is 5.91 Å². The molecule has 2 aromatic rings. The maximum Gasteiger partial charge on any atom is 0.220 e. The summed E-state index contributed by atoms with van der Waals surface area (Å²) in [6.07, 6.45) is 1.00. The number of carbonyl (C=O) groups is 1. The zero-order valence-electron chi connectivity index (χ0n) is 20.8. The fourth-order valence-electron chi connectivity index (χ4n) is 4.37. The summed E-state index contributed by atoms with van der Waals surface area (Å²) in [6.45, 7) is 5.14. The summed E-state index contributed by atoms with van der Waals surface area (Å²) in [6, 6.07) is 10.7. The number of nitrogens with one attached hydrogen (secondary N) is 2. The predicted octanol–water partition coefficient (Wildman–Crippen LogP) is 2.55. The van der Waals surface area contributed by atoms with Crippen molar-refractivity contribution in [3.05, 3.63) is 70.8 Å². The van der Waals surface area contributed by atoms with Gasteiger partial charge in [-0.2, -0.15) is 0 Å². The van der Waals surface area contributed by atoms with E-state index in [1.165, 1.54) is 17.7 Å². The highest BCUT2D eigenvalue weighted by atomic mass is 32.2. The molecule has 1 unspecified atom stereocenters. The molecule has 3 rings (SSSR count). The molecule has 3 N–H and O–H groups in total. The molecule has 0 bridgehead atoms. The summed E-state index contributed by atoms with van der Waals surface area (Å²) in [5, 5.41) is 17.0. The molecule has 6 nitrogen and oxygen atoms in total. The molecule has 1 aliphatic rings. The Bertz CT molecular complexity index is 953. The molecule has 1 aliphatic heterocycles. The van der Waals surface area contributed by atoms with Crippen LogP contribution in [0.3, 0.4) is 0 Å². The average molecular weight is 522 g/mol. The summed E-state index contributed by atoms with van der Waals surface area (Å²) >= 11 is -0.737. The Morgan fingerprint density at radius 2 is 1.81 bits per heavy atom. The Balaban J connectivity index is 1.54. The fourth-order valence-corrected chi connectivity index (χ4v) is 5.50. The second-order valence-corrected chi connectivity index (χ2v) is 11.0. The standard InChI is InChI=1S/C27H37F2N3O3S/c1-2-20-5-3-6-21(13-20)18-30-19-26(33)25(16-22-14-23(28)17-24(29)15-22)31-27(34)7-4-8-32-9-11-36(35)12-10-32/h3,5-6,13-15,17,25-26,30,33H,2,4,7-12,16,18-19H2,1H3,(H,31,34)/t25?,26-/m1/s1. The second-order valence-electron chi connectivity index (χ2n) is 9.32. The molecule has 0 aromatic heterocycles. The van der Waals surface area contributed by atoms with Crippen LogP contribution in [0, 0.1) is 11.6 Å². The van der Waals surface area contributed by atoms with Crippen molar-refractivity contribution in [1.29, 1.82) is 0 Å². The van der Waals surface area contributed by atoms with Crippen LogP contribution in [-0.2, 0) is 35.4 Å². The summed E-state index contributed by atoms with van der Waals surface area (Å²) in [5.41, 5.74) is 2.69. The van der Waals surface area contributed by atoms with Crippen molar-refractivity contribution in [3.63, 3.8) is 0 Å². The van der Waals surface area contributed by atoms with E-state index in [-0.39, 0.29) is 25.3 Å². The second kappa shape index (κ2) is 14.6. The number of nitrogens with zero attached hydrogens (tertiary/aromatic N) is 1. The van der Waals surface area contributed by atoms with Crippen molar-refractivity contribution in [2.75, 3.05) is 37.7 Å². The zero-order valence-corrected chi connectivity index (χ0v) is 21.7. The summed E-state index contributed by atoms with van der Waals surface area (Å²) in [4.78, 5) is 14.9. The third kappa shape index (κ3) is 9.78. The number of aliphatic hydroxyl groups is 1. The van der Waals surface area contributed by atoms with Gasteiger partial charge in [-0.3, -0.25) is 9.69 Å². The molecule has 36 heavy (non-hydrogen) atoms. The minimum absolute atomic E-state index is 0.104. The largest absolute Gasteiger partial charge is 0.616 e. The van der Waals surface area contributed by atoms with Crippen LogP contribution in [0.4, 0.5) is 8.78 Å².